The van der Waals surface area contributed by atoms with Crippen molar-refractivity contribution in [2.45, 2.75) is 20.3 Å². The number of fused-ring (bicyclic) bond motifs is 1. The van der Waals surface area contributed by atoms with Gasteiger partial charge in [0.1, 0.15) is 5.75 Å². The number of carbonyl (C=O) groups excluding carboxylic acids is 1. The number of thiazole rings is 1. The van der Waals surface area contributed by atoms with Crippen LogP contribution in [0.1, 0.15) is 24.6 Å². The number of benzene rings is 1. The Balaban J connectivity index is 1.67. The van der Waals surface area contributed by atoms with Crippen molar-refractivity contribution >= 4 is 45.0 Å². The highest BCUT2D eigenvalue weighted by molar-refractivity contribution is 7.22. The lowest BCUT2D eigenvalue weighted by atomic mass is 10.1. The molecule has 6 nitrogen and oxygen atoms in total. The highest BCUT2D eigenvalue weighted by Crippen LogP contribution is 2.29. The average Bonchev–Trinajstić information content (AvgIpc) is 3.09. The van der Waals surface area contributed by atoms with E-state index in [1.54, 1.807) is 13.3 Å². The molecule has 0 unspecified atom stereocenters. The predicted molar refractivity (Wildman–Crippen MR) is 120 cm³/mol. The molecule has 0 saturated heterocycles. The van der Waals surface area contributed by atoms with Gasteiger partial charge in [-0.15, -0.1) is 0 Å². The lowest BCUT2D eigenvalue weighted by molar-refractivity contribution is -0.115. The van der Waals surface area contributed by atoms with E-state index in [1.807, 2.05) is 56.3 Å². The average molecular weight is 407 g/mol. The molecular weight excluding hydrogens is 384 g/mol. The van der Waals surface area contributed by atoms with Crippen LogP contribution in [0.5, 0.6) is 5.75 Å². The van der Waals surface area contributed by atoms with Gasteiger partial charge in [-0.3, -0.25) is 14.8 Å². The summed E-state index contributed by atoms with van der Waals surface area (Å²) in [4.78, 5) is 25.1. The molecule has 3 aromatic rings. The maximum absolute atomic E-state index is 12.4. The number of allylic oxidation sites excluding steroid dienone is 2. The van der Waals surface area contributed by atoms with Gasteiger partial charge in [0.25, 0.3) is 0 Å². The second kappa shape index (κ2) is 9.25. The SMILES string of the molecule is C=N/C(=C\C=C(/C)CC(=O)Nc1nc2ccc(OC)cc2s1)c1ccnc(C)c1. The topological polar surface area (TPSA) is 76.5 Å². The first-order chi connectivity index (χ1) is 14.0. The number of aliphatic imine (C=N–C) groups is 1. The molecule has 3 rings (SSSR count). The third kappa shape index (κ3) is 5.36. The molecule has 148 valence electrons. The summed E-state index contributed by atoms with van der Waals surface area (Å²) in [7, 11) is 1.62. The van der Waals surface area contributed by atoms with E-state index in [1.165, 1.54) is 11.3 Å². The van der Waals surface area contributed by atoms with Crippen molar-refractivity contribution in [2.75, 3.05) is 12.4 Å². The number of amides is 1. The molecule has 2 heterocycles. The number of nitrogens with one attached hydrogen (secondary N) is 1. The fourth-order valence-corrected chi connectivity index (χ4v) is 3.64. The van der Waals surface area contributed by atoms with E-state index in [-0.39, 0.29) is 12.3 Å². The van der Waals surface area contributed by atoms with Crippen LogP contribution in [-0.2, 0) is 4.79 Å². The summed E-state index contributed by atoms with van der Waals surface area (Å²) in [5, 5.41) is 3.43. The fraction of sp³-hybridized carbons (Fsp3) is 0.182. The standard InChI is InChI=1S/C22H22N4O2S/c1-14(5-7-18(23-3)16-9-10-24-15(2)12-16)11-21(27)26-22-25-19-8-6-17(28-4)13-20(19)29-22/h5-10,12-13H,3,11H2,1-2,4H3,(H,25,26,27)/b14-5+,18-7-. The zero-order valence-electron chi connectivity index (χ0n) is 16.6. The van der Waals surface area contributed by atoms with Gasteiger partial charge in [0.05, 0.1) is 23.0 Å². The van der Waals surface area contributed by atoms with Crippen molar-refractivity contribution in [2.24, 2.45) is 4.99 Å². The van der Waals surface area contributed by atoms with Gasteiger partial charge in [0.15, 0.2) is 5.13 Å². The second-order valence-electron chi connectivity index (χ2n) is 6.49. The van der Waals surface area contributed by atoms with Gasteiger partial charge in [0.2, 0.25) is 5.91 Å². The summed E-state index contributed by atoms with van der Waals surface area (Å²) in [6, 6.07) is 9.45. The summed E-state index contributed by atoms with van der Waals surface area (Å²) in [5.41, 5.74) is 4.31. The Labute approximate surface area is 173 Å². The lowest BCUT2D eigenvalue weighted by Gasteiger charge is -2.03. The molecule has 0 aliphatic rings. The Morgan fingerprint density at radius 3 is 2.86 bits per heavy atom. The van der Waals surface area contributed by atoms with Crippen molar-refractivity contribution in [1.29, 1.82) is 0 Å². The molecule has 1 aromatic carbocycles. The van der Waals surface area contributed by atoms with Crippen LogP contribution in [0.4, 0.5) is 5.13 Å². The van der Waals surface area contributed by atoms with E-state index < -0.39 is 0 Å². The number of carbonyl (C=O) groups is 1. The van der Waals surface area contributed by atoms with Gasteiger partial charge in [-0.1, -0.05) is 23.0 Å². The fourth-order valence-electron chi connectivity index (χ4n) is 2.73. The lowest BCUT2D eigenvalue weighted by Crippen LogP contribution is -2.11. The minimum absolute atomic E-state index is 0.119. The molecular formula is C22H22N4O2S. The first-order valence-corrected chi connectivity index (χ1v) is 9.82. The first-order valence-electron chi connectivity index (χ1n) is 9.00. The number of rotatable bonds is 7. The second-order valence-corrected chi connectivity index (χ2v) is 7.52. The molecule has 0 bridgehead atoms. The third-order valence-corrected chi connectivity index (χ3v) is 5.10. The summed E-state index contributed by atoms with van der Waals surface area (Å²) >= 11 is 1.42. The van der Waals surface area contributed by atoms with Crippen LogP contribution in [0, 0.1) is 6.92 Å². The summed E-state index contributed by atoms with van der Waals surface area (Å²) in [5.74, 6) is 0.645. The molecule has 0 radical (unpaired) electrons. The Bertz CT molecular complexity index is 1110. The van der Waals surface area contributed by atoms with Crippen molar-refractivity contribution < 1.29 is 9.53 Å². The number of pyridine rings is 1. The first kappa shape index (κ1) is 20.4. The quantitative estimate of drug-likeness (QED) is 0.441. The van der Waals surface area contributed by atoms with Crippen LogP contribution >= 0.6 is 11.3 Å². The van der Waals surface area contributed by atoms with Crippen molar-refractivity contribution in [1.82, 2.24) is 9.97 Å². The molecule has 2 aromatic heterocycles. The third-order valence-electron chi connectivity index (χ3n) is 4.17. The number of aryl methyl sites for hydroxylation is 1. The number of methoxy groups -OCH3 is 1. The smallest absolute Gasteiger partial charge is 0.230 e. The van der Waals surface area contributed by atoms with E-state index in [9.17, 15) is 4.79 Å². The molecule has 0 aliphatic heterocycles. The normalized spacial score (nSPS) is 12.1. The minimum Gasteiger partial charge on any atom is -0.497 e. The number of ether oxygens (including phenoxy) is 1. The van der Waals surface area contributed by atoms with Gasteiger partial charge >= 0.3 is 0 Å². The van der Waals surface area contributed by atoms with Gasteiger partial charge in [-0.25, -0.2) is 4.98 Å². The van der Waals surface area contributed by atoms with Crippen LogP contribution in [-0.4, -0.2) is 29.7 Å². The van der Waals surface area contributed by atoms with Crippen LogP contribution < -0.4 is 10.1 Å². The monoisotopic (exact) mass is 406 g/mol. The van der Waals surface area contributed by atoms with Gasteiger partial charge in [-0.05, 0) is 57.0 Å². The number of nitrogens with zero attached hydrogens (tertiary/aromatic N) is 3. The Kier molecular flexibility index (Phi) is 6.51. The number of hydrogen-bond donors (Lipinski definition) is 1. The largest absolute Gasteiger partial charge is 0.497 e. The van der Waals surface area contributed by atoms with Crippen molar-refractivity contribution in [3.05, 3.63) is 65.5 Å². The zero-order valence-corrected chi connectivity index (χ0v) is 17.4. The van der Waals surface area contributed by atoms with E-state index in [2.05, 4.69) is 27.0 Å². The highest BCUT2D eigenvalue weighted by atomic mass is 32.1. The molecule has 0 spiro atoms. The molecule has 0 fully saturated rings. The minimum atomic E-state index is -0.119. The Morgan fingerprint density at radius 1 is 1.31 bits per heavy atom. The van der Waals surface area contributed by atoms with Crippen LogP contribution in [0.25, 0.3) is 15.9 Å². The summed E-state index contributed by atoms with van der Waals surface area (Å²) in [6.07, 6.45) is 5.73. The molecule has 0 aliphatic carbocycles. The Hall–Kier alpha value is -3.32. The van der Waals surface area contributed by atoms with E-state index in [0.29, 0.717) is 5.13 Å². The molecule has 1 amide bonds. The maximum Gasteiger partial charge on any atom is 0.230 e. The van der Waals surface area contributed by atoms with E-state index >= 15 is 0 Å². The summed E-state index contributed by atoms with van der Waals surface area (Å²) in [6.45, 7) is 7.46. The van der Waals surface area contributed by atoms with E-state index in [4.69, 9.17) is 4.74 Å². The highest BCUT2D eigenvalue weighted by Gasteiger charge is 2.09. The number of hydrogen-bond acceptors (Lipinski definition) is 6. The van der Waals surface area contributed by atoms with Crippen LogP contribution in [0.2, 0.25) is 0 Å². The van der Waals surface area contributed by atoms with Crippen LogP contribution in [0.15, 0.2) is 59.2 Å². The van der Waals surface area contributed by atoms with Gasteiger partial charge in [-0.2, -0.15) is 0 Å². The van der Waals surface area contributed by atoms with Crippen molar-refractivity contribution in [3.8, 4) is 5.75 Å². The number of anilines is 1. The molecule has 0 saturated carbocycles. The summed E-state index contributed by atoms with van der Waals surface area (Å²) < 4.78 is 6.18. The van der Waals surface area contributed by atoms with Crippen LogP contribution in [0.3, 0.4) is 0 Å². The Morgan fingerprint density at radius 2 is 2.14 bits per heavy atom. The number of aromatic nitrogens is 2. The zero-order chi connectivity index (χ0) is 20.8. The molecule has 7 heteroatoms. The van der Waals surface area contributed by atoms with E-state index in [0.717, 1.165) is 38.5 Å². The predicted octanol–water partition coefficient (Wildman–Crippen LogP) is 5.02. The molecule has 0 atom stereocenters. The van der Waals surface area contributed by atoms with Crippen molar-refractivity contribution in [3.63, 3.8) is 0 Å². The molecule has 1 N–H and O–H groups in total. The molecule has 29 heavy (non-hydrogen) atoms. The maximum atomic E-state index is 12.4. The van der Waals surface area contributed by atoms with Gasteiger partial charge in [0, 0.05) is 23.9 Å². The van der Waals surface area contributed by atoms with Gasteiger partial charge < -0.3 is 10.1 Å².